The number of hydrogen-bond acceptors (Lipinski definition) is 4. The lowest BCUT2D eigenvalue weighted by atomic mass is 10.3. The van der Waals surface area contributed by atoms with Gasteiger partial charge in [0.1, 0.15) is 5.75 Å². The van der Waals surface area contributed by atoms with Crippen LogP contribution in [0.25, 0.3) is 0 Å². The quantitative estimate of drug-likeness (QED) is 0.721. The lowest BCUT2D eigenvalue weighted by Gasteiger charge is -2.21. The van der Waals surface area contributed by atoms with E-state index >= 15 is 0 Å². The zero-order valence-electron chi connectivity index (χ0n) is 12.2. The third-order valence-electron chi connectivity index (χ3n) is 3.39. The number of para-hydroxylation sites is 3. The number of benzene rings is 3. The molecule has 0 aliphatic rings. The number of phenolic OH excluding ortho intramolecular Hbond substituents is 2. The highest BCUT2D eigenvalue weighted by molar-refractivity contribution is 7.74. The van der Waals surface area contributed by atoms with Crippen LogP contribution in [-0.4, -0.2) is 10.2 Å². The SMILES string of the molecule is O=P(Oc1ccccc1O)(c1ccccc1)c1ccccc1O. The molecule has 0 amide bonds. The minimum absolute atomic E-state index is 0.0999. The van der Waals surface area contributed by atoms with E-state index in [0.29, 0.717) is 5.30 Å². The Morgan fingerprint density at radius 1 is 0.696 bits per heavy atom. The Labute approximate surface area is 134 Å². The van der Waals surface area contributed by atoms with E-state index in [2.05, 4.69) is 0 Å². The largest absolute Gasteiger partial charge is 0.507 e. The number of hydrogen-bond donors (Lipinski definition) is 2. The Morgan fingerprint density at radius 3 is 1.91 bits per heavy atom. The molecule has 3 rings (SSSR count). The van der Waals surface area contributed by atoms with E-state index in [0.717, 1.165) is 0 Å². The summed E-state index contributed by atoms with van der Waals surface area (Å²) in [5.74, 6) is -0.128. The van der Waals surface area contributed by atoms with Gasteiger partial charge in [0.25, 0.3) is 0 Å². The summed E-state index contributed by atoms with van der Waals surface area (Å²) in [7, 11) is -3.62. The summed E-state index contributed by atoms with van der Waals surface area (Å²) in [4.78, 5) is 0. The Kier molecular flexibility index (Phi) is 4.09. The number of aromatic hydroxyl groups is 2. The van der Waals surface area contributed by atoms with Crippen molar-refractivity contribution in [2.45, 2.75) is 0 Å². The average Bonchev–Trinajstić information content (AvgIpc) is 2.58. The zero-order valence-corrected chi connectivity index (χ0v) is 13.1. The van der Waals surface area contributed by atoms with Crippen molar-refractivity contribution >= 4 is 18.0 Å². The van der Waals surface area contributed by atoms with Gasteiger partial charge in [-0.15, -0.1) is 0 Å². The third kappa shape index (κ3) is 2.94. The molecule has 1 atom stereocenters. The highest BCUT2D eigenvalue weighted by Crippen LogP contribution is 2.49. The molecular formula is C18H15O4P. The minimum atomic E-state index is -3.62. The molecule has 0 aromatic heterocycles. The molecule has 4 nitrogen and oxygen atoms in total. The summed E-state index contributed by atoms with van der Waals surface area (Å²) in [6, 6.07) is 21.3. The van der Waals surface area contributed by atoms with Crippen LogP contribution in [0, 0.1) is 0 Å². The molecule has 3 aromatic carbocycles. The van der Waals surface area contributed by atoms with Crippen LogP contribution in [-0.2, 0) is 4.57 Å². The Balaban J connectivity index is 2.18. The Hall–Kier alpha value is -2.71. The average molecular weight is 326 g/mol. The molecule has 0 spiro atoms. The molecule has 0 saturated carbocycles. The molecule has 0 heterocycles. The molecule has 0 aliphatic heterocycles. The van der Waals surface area contributed by atoms with Gasteiger partial charge in [-0.25, -0.2) is 0 Å². The van der Waals surface area contributed by atoms with Crippen LogP contribution < -0.4 is 15.1 Å². The molecule has 0 radical (unpaired) electrons. The van der Waals surface area contributed by atoms with Crippen LogP contribution in [0.2, 0.25) is 0 Å². The van der Waals surface area contributed by atoms with Crippen LogP contribution >= 0.6 is 7.37 Å². The molecule has 23 heavy (non-hydrogen) atoms. The molecule has 116 valence electrons. The van der Waals surface area contributed by atoms with E-state index in [9.17, 15) is 14.8 Å². The molecule has 5 heteroatoms. The van der Waals surface area contributed by atoms with Gasteiger partial charge in [-0.05, 0) is 36.4 Å². The van der Waals surface area contributed by atoms with E-state index in [4.69, 9.17) is 4.52 Å². The summed E-state index contributed by atoms with van der Waals surface area (Å²) in [5, 5.41) is 20.7. The smallest absolute Gasteiger partial charge is 0.310 e. The Bertz CT molecular complexity index is 862. The summed E-state index contributed by atoms with van der Waals surface area (Å²) in [5.41, 5.74) is 0. The fourth-order valence-electron chi connectivity index (χ4n) is 2.25. The van der Waals surface area contributed by atoms with Crippen molar-refractivity contribution in [3.63, 3.8) is 0 Å². The van der Waals surface area contributed by atoms with Crippen molar-refractivity contribution in [3.8, 4) is 17.2 Å². The van der Waals surface area contributed by atoms with Gasteiger partial charge in [-0.3, -0.25) is 4.57 Å². The van der Waals surface area contributed by atoms with Crippen LogP contribution in [0.4, 0.5) is 0 Å². The first-order valence-electron chi connectivity index (χ1n) is 7.03. The Morgan fingerprint density at radius 2 is 1.26 bits per heavy atom. The molecule has 0 saturated heterocycles. The first-order chi connectivity index (χ1) is 11.1. The van der Waals surface area contributed by atoms with E-state index < -0.39 is 7.37 Å². The summed E-state index contributed by atoms with van der Waals surface area (Å²) in [6.45, 7) is 0. The van der Waals surface area contributed by atoms with Crippen molar-refractivity contribution in [1.29, 1.82) is 0 Å². The second kappa shape index (κ2) is 6.19. The molecule has 2 N–H and O–H groups in total. The van der Waals surface area contributed by atoms with Crippen molar-refractivity contribution < 1.29 is 19.3 Å². The second-order valence-electron chi connectivity index (χ2n) is 4.93. The summed E-state index contributed by atoms with van der Waals surface area (Å²) < 4.78 is 19.4. The van der Waals surface area contributed by atoms with Crippen molar-refractivity contribution in [2.75, 3.05) is 0 Å². The topological polar surface area (TPSA) is 66.8 Å². The first-order valence-corrected chi connectivity index (χ1v) is 8.65. The minimum Gasteiger partial charge on any atom is -0.507 e. The van der Waals surface area contributed by atoms with E-state index in [-0.39, 0.29) is 22.6 Å². The maximum absolute atomic E-state index is 13.7. The van der Waals surface area contributed by atoms with Gasteiger partial charge in [-0.2, -0.15) is 0 Å². The molecule has 0 aliphatic carbocycles. The molecule has 3 aromatic rings. The van der Waals surface area contributed by atoms with Crippen molar-refractivity contribution in [2.24, 2.45) is 0 Å². The maximum Gasteiger partial charge on any atom is 0.310 e. The first kappa shape index (κ1) is 15.2. The molecule has 0 fully saturated rings. The van der Waals surface area contributed by atoms with Crippen LogP contribution in [0.3, 0.4) is 0 Å². The summed E-state index contributed by atoms with van der Waals surface area (Å²) in [6.07, 6.45) is 0. The highest BCUT2D eigenvalue weighted by atomic mass is 31.2. The van der Waals surface area contributed by atoms with Gasteiger partial charge >= 0.3 is 7.37 Å². The third-order valence-corrected chi connectivity index (χ3v) is 5.83. The maximum atomic E-state index is 13.7. The van der Waals surface area contributed by atoms with Crippen LogP contribution in [0.5, 0.6) is 17.2 Å². The fraction of sp³-hybridized carbons (Fsp3) is 0. The van der Waals surface area contributed by atoms with Crippen LogP contribution in [0.1, 0.15) is 0 Å². The van der Waals surface area contributed by atoms with Crippen LogP contribution in [0.15, 0.2) is 78.9 Å². The number of rotatable bonds is 4. The normalized spacial score (nSPS) is 13.2. The molecule has 1 unspecified atom stereocenters. The van der Waals surface area contributed by atoms with Gasteiger partial charge in [0, 0.05) is 0 Å². The van der Waals surface area contributed by atoms with Gasteiger partial charge in [0.2, 0.25) is 0 Å². The lowest BCUT2D eigenvalue weighted by Crippen LogP contribution is -2.20. The van der Waals surface area contributed by atoms with E-state index in [1.807, 2.05) is 0 Å². The van der Waals surface area contributed by atoms with E-state index in [1.165, 1.54) is 18.2 Å². The van der Waals surface area contributed by atoms with E-state index in [1.54, 1.807) is 60.7 Å². The van der Waals surface area contributed by atoms with Gasteiger partial charge in [0.05, 0.1) is 10.6 Å². The van der Waals surface area contributed by atoms with Crippen molar-refractivity contribution in [3.05, 3.63) is 78.9 Å². The van der Waals surface area contributed by atoms with Crippen molar-refractivity contribution in [1.82, 2.24) is 0 Å². The molecular weight excluding hydrogens is 311 g/mol. The second-order valence-corrected chi connectivity index (χ2v) is 7.22. The monoisotopic (exact) mass is 326 g/mol. The molecule has 0 bridgehead atoms. The number of phenols is 2. The van der Waals surface area contributed by atoms with Gasteiger partial charge < -0.3 is 14.7 Å². The lowest BCUT2D eigenvalue weighted by molar-refractivity contribution is 0.433. The predicted molar refractivity (Wildman–Crippen MR) is 90.2 cm³/mol. The highest BCUT2D eigenvalue weighted by Gasteiger charge is 2.33. The fourth-order valence-corrected chi connectivity index (χ4v) is 4.39. The zero-order chi connectivity index (χ0) is 16.3. The van der Waals surface area contributed by atoms with Gasteiger partial charge in [-0.1, -0.05) is 42.5 Å². The predicted octanol–water partition coefficient (Wildman–Crippen LogP) is 3.41. The standard InChI is InChI=1S/C18H15O4P/c19-15-10-4-6-12-17(15)22-23(21,14-8-2-1-3-9-14)18-13-7-5-11-16(18)20/h1-13,19-20H. The van der Waals surface area contributed by atoms with Gasteiger partial charge in [0.15, 0.2) is 11.5 Å². The summed E-state index contributed by atoms with van der Waals surface area (Å²) >= 11 is 0.